The van der Waals surface area contributed by atoms with Crippen LogP contribution in [0.4, 0.5) is 0 Å². The van der Waals surface area contributed by atoms with Gasteiger partial charge >= 0.3 is 0 Å². The Hall–Kier alpha value is -1.29. The predicted octanol–water partition coefficient (Wildman–Crippen LogP) is 7.36. The minimum atomic E-state index is -0.992. The van der Waals surface area contributed by atoms with Crippen molar-refractivity contribution in [1.29, 1.82) is 0 Å². The molecule has 2 nitrogen and oxygen atoms in total. The van der Waals surface area contributed by atoms with Gasteiger partial charge in [0.25, 0.3) is 15.0 Å². The van der Waals surface area contributed by atoms with Crippen LogP contribution >= 0.6 is 23.2 Å². The molecule has 5 heteroatoms. The Morgan fingerprint density at radius 2 is 1.59 bits per heavy atom. The fraction of sp³-hybridized carbons (Fsp3) is 0.409. The number of rotatable bonds is 6. The first-order chi connectivity index (χ1) is 12.6. The molecule has 0 heterocycles. The van der Waals surface area contributed by atoms with Crippen molar-refractivity contribution < 1.29 is 9.22 Å². The van der Waals surface area contributed by atoms with E-state index in [0.717, 1.165) is 17.5 Å². The Kier molecular flexibility index (Phi) is 7.55. The van der Waals surface area contributed by atoms with Crippen LogP contribution in [0, 0.1) is 5.41 Å². The van der Waals surface area contributed by atoms with E-state index in [4.69, 9.17) is 27.6 Å². The third-order valence-electron chi connectivity index (χ3n) is 4.57. The summed E-state index contributed by atoms with van der Waals surface area (Å²) in [5.41, 5.74) is 3.41. The zero-order valence-corrected chi connectivity index (χ0v) is 19.1. The van der Waals surface area contributed by atoms with E-state index >= 15 is 0 Å². The second-order valence-corrected chi connectivity index (χ2v) is 10.9. The lowest BCUT2D eigenvalue weighted by molar-refractivity contribution is -0.135. The summed E-state index contributed by atoms with van der Waals surface area (Å²) in [5, 5.41) is 1.11. The number of carbonyl (C=O) groups excluding carboxylic acids is 1. The second-order valence-electron chi connectivity index (χ2n) is 8.09. The van der Waals surface area contributed by atoms with Crippen molar-refractivity contribution in [2.75, 3.05) is 0 Å². The highest BCUT2D eigenvalue weighted by atomic mass is 35.5. The highest BCUT2D eigenvalue weighted by Crippen LogP contribution is 2.39. The number of hydrogen-bond donors (Lipinski definition) is 0. The summed E-state index contributed by atoms with van der Waals surface area (Å²) in [4.78, 5) is 12.0. The summed E-state index contributed by atoms with van der Waals surface area (Å²) in [6.45, 7) is 10.6. The lowest BCUT2D eigenvalue weighted by atomic mass is 9.74. The lowest BCUT2D eigenvalue weighted by Crippen LogP contribution is -2.21. The van der Waals surface area contributed by atoms with Crippen LogP contribution in [0.1, 0.15) is 45.1 Å². The van der Waals surface area contributed by atoms with Crippen molar-refractivity contribution in [2.45, 2.75) is 52.6 Å². The molecule has 0 aliphatic rings. The van der Waals surface area contributed by atoms with Crippen LogP contribution in [-0.2, 0) is 9.22 Å². The molecule has 0 unspecified atom stereocenters. The molecule has 2 aromatic rings. The van der Waals surface area contributed by atoms with Crippen molar-refractivity contribution in [2.24, 2.45) is 5.41 Å². The van der Waals surface area contributed by atoms with Gasteiger partial charge in [0.1, 0.15) is 0 Å². The van der Waals surface area contributed by atoms with E-state index < -0.39 is 9.04 Å². The summed E-state index contributed by atoms with van der Waals surface area (Å²) in [5.74, 6) is 0.188. The number of halogens is 2. The monoisotopic (exact) mass is 421 g/mol. The maximum absolute atomic E-state index is 12.0. The molecule has 27 heavy (non-hydrogen) atoms. The van der Waals surface area contributed by atoms with Crippen LogP contribution in [0.15, 0.2) is 42.5 Å². The van der Waals surface area contributed by atoms with Gasteiger partial charge in [-0.3, -0.25) is 4.79 Å². The van der Waals surface area contributed by atoms with Crippen molar-refractivity contribution in [3.63, 3.8) is 0 Å². The average Bonchev–Trinajstić information content (AvgIpc) is 2.56. The van der Waals surface area contributed by atoms with Crippen molar-refractivity contribution in [1.82, 2.24) is 0 Å². The molecule has 0 bridgehead atoms. The minimum Gasteiger partial charge on any atom is -0.518 e. The predicted molar refractivity (Wildman–Crippen MR) is 117 cm³/mol. The summed E-state index contributed by atoms with van der Waals surface area (Å²) in [7, 11) is -0.992. The van der Waals surface area contributed by atoms with Crippen LogP contribution in [0.3, 0.4) is 0 Å². The quantitative estimate of drug-likeness (QED) is 0.455. The van der Waals surface area contributed by atoms with Gasteiger partial charge in [-0.15, -0.1) is 0 Å². The van der Waals surface area contributed by atoms with E-state index in [9.17, 15) is 4.79 Å². The topological polar surface area (TPSA) is 26.3 Å². The van der Waals surface area contributed by atoms with Crippen LogP contribution < -0.4 is 0 Å². The lowest BCUT2D eigenvalue weighted by Gasteiger charge is -2.31. The number of hydrogen-bond acceptors (Lipinski definition) is 2. The normalized spacial score (nSPS) is 12.9. The molecule has 0 amide bonds. The number of benzene rings is 2. The highest BCUT2D eigenvalue weighted by molar-refractivity contribution is 6.50. The summed E-state index contributed by atoms with van der Waals surface area (Å²) >= 11 is 12.1. The van der Waals surface area contributed by atoms with Gasteiger partial charge in [0.15, 0.2) is 0 Å². The summed E-state index contributed by atoms with van der Waals surface area (Å²) < 4.78 is 5.39. The van der Waals surface area contributed by atoms with E-state index in [-0.39, 0.29) is 17.3 Å². The fourth-order valence-electron chi connectivity index (χ4n) is 3.22. The van der Waals surface area contributed by atoms with Crippen LogP contribution in [0.2, 0.25) is 23.1 Å². The van der Waals surface area contributed by atoms with Gasteiger partial charge in [0, 0.05) is 6.42 Å². The Labute approximate surface area is 174 Å². The van der Waals surface area contributed by atoms with Gasteiger partial charge in [0.2, 0.25) is 0 Å². The first-order valence-corrected chi connectivity index (χ1v) is 12.3. The molecule has 145 valence electrons. The van der Waals surface area contributed by atoms with Gasteiger partial charge in [-0.1, -0.05) is 74.3 Å². The molecular formula is C22H27Cl2O2Si. The summed E-state index contributed by atoms with van der Waals surface area (Å²) in [6, 6.07) is 14.2. The molecule has 0 spiro atoms. The van der Waals surface area contributed by atoms with Crippen LogP contribution in [0.5, 0.6) is 0 Å². The van der Waals surface area contributed by atoms with E-state index in [0.29, 0.717) is 16.5 Å². The van der Waals surface area contributed by atoms with Gasteiger partial charge in [-0.2, -0.15) is 0 Å². The van der Waals surface area contributed by atoms with Crippen molar-refractivity contribution in [3.05, 3.63) is 58.1 Å². The molecule has 1 atom stereocenters. The van der Waals surface area contributed by atoms with E-state index in [1.165, 1.54) is 5.56 Å². The standard InChI is InChI=1S/C22H27Cl2O2Si/c1-22(2,3)18(11-13-21(25)26-27(4)5)16-8-6-15(7-9-16)17-10-12-19(23)20(24)14-17/h6-10,12,14,18H,11,13H2,1-5H3/t18-/m0/s1. The molecule has 0 N–H and O–H groups in total. The molecule has 2 aromatic carbocycles. The molecule has 1 radical (unpaired) electrons. The Bertz CT molecular complexity index is 780. The van der Waals surface area contributed by atoms with Crippen molar-refractivity contribution in [3.8, 4) is 11.1 Å². The number of carbonyl (C=O) groups is 1. The third-order valence-corrected chi connectivity index (χ3v) is 5.94. The second kappa shape index (κ2) is 9.27. The van der Waals surface area contributed by atoms with E-state index in [2.05, 4.69) is 45.0 Å². The summed E-state index contributed by atoms with van der Waals surface area (Å²) in [6.07, 6.45) is 1.23. The Morgan fingerprint density at radius 3 is 2.11 bits per heavy atom. The third kappa shape index (κ3) is 6.37. The maximum Gasteiger partial charge on any atom is 0.292 e. The molecular weight excluding hydrogens is 395 g/mol. The van der Waals surface area contributed by atoms with Gasteiger partial charge in [-0.25, -0.2) is 0 Å². The molecule has 0 aliphatic carbocycles. The molecule has 0 aromatic heterocycles. The first kappa shape index (κ1) is 22.0. The zero-order chi connectivity index (χ0) is 20.2. The fourth-order valence-corrected chi connectivity index (χ4v) is 4.08. The molecule has 2 rings (SSSR count). The Balaban J connectivity index is 2.19. The van der Waals surface area contributed by atoms with Crippen LogP contribution in [-0.4, -0.2) is 15.0 Å². The minimum absolute atomic E-state index is 0.0532. The zero-order valence-electron chi connectivity index (χ0n) is 16.6. The maximum atomic E-state index is 12.0. The average molecular weight is 422 g/mol. The molecule has 0 fully saturated rings. The van der Waals surface area contributed by atoms with E-state index in [1.807, 2.05) is 31.3 Å². The Morgan fingerprint density at radius 1 is 1.00 bits per heavy atom. The van der Waals surface area contributed by atoms with Crippen molar-refractivity contribution >= 4 is 38.2 Å². The van der Waals surface area contributed by atoms with E-state index in [1.54, 1.807) is 0 Å². The molecule has 0 saturated carbocycles. The smallest absolute Gasteiger partial charge is 0.292 e. The largest absolute Gasteiger partial charge is 0.518 e. The van der Waals surface area contributed by atoms with Gasteiger partial charge in [0.05, 0.1) is 10.0 Å². The highest BCUT2D eigenvalue weighted by Gasteiger charge is 2.27. The first-order valence-electron chi connectivity index (χ1n) is 9.14. The SMILES string of the molecule is C[Si](C)OC(=O)CC[C@@H](c1ccc(-c2ccc(Cl)c(Cl)c2)cc1)C(C)(C)C. The van der Waals surface area contributed by atoms with Gasteiger partial charge in [-0.05, 0) is 59.7 Å². The molecule has 0 aliphatic heterocycles. The van der Waals surface area contributed by atoms with Crippen LogP contribution in [0.25, 0.3) is 11.1 Å². The van der Waals surface area contributed by atoms with Gasteiger partial charge < -0.3 is 4.43 Å². The molecule has 0 saturated heterocycles.